The number of rotatable bonds is 5. The third kappa shape index (κ3) is 3.29. The molecular formula is C15H24N4O. The number of benzene rings is 1. The van der Waals surface area contributed by atoms with Gasteiger partial charge in [0, 0.05) is 12.6 Å². The van der Waals surface area contributed by atoms with E-state index in [-0.39, 0.29) is 5.91 Å². The number of hydrogen-bond donors (Lipinski definition) is 3. The van der Waals surface area contributed by atoms with Crippen LogP contribution in [-0.2, 0) is 0 Å². The molecule has 2 rings (SSSR count). The number of nitrogens with two attached hydrogens (primary N) is 1. The molecule has 0 radical (unpaired) electrons. The number of amides is 1. The van der Waals surface area contributed by atoms with E-state index in [0.717, 1.165) is 25.1 Å². The lowest BCUT2D eigenvalue weighted by Gasteiger charge is -2.23. The highest BCUT2D eigenvalue weighted by Crippen LogP contribution is 2.18. The average Bonchev–Trinajstić information content (AvgIpc) is 2.92. The minimum Gasteiger partial charge on any atom is -0.350 e. The van der Waals surface area contributed by atoms with Gasteiger partial charge in [-0.05, 0) is 50.6 Å². The van der Waals surface area contributed by atoms with E-state index in [1.54, 1.807) is 0 Å². The molecule has 1 fully saturated rings. The number of aryl methyl sites for hydroxylation is 1. The quantitative estimate of drug-likeness (QED) is 0.563. The highest BCUT2D eigenvalue weighted by atomic mass is 16.1. The molecule has 1 atom stereocenters. The first kappa shape index (κ1) is 14.8. The van der Waals surface area contributed by atoms with Gasteiger partial charge in [-0.2, -0.15) is 0 Å². The normalized spacial score (nSPS) is 19.1. The summed E-state index contributed by atoms with van der Waals surface area (Å²) in [6.07, 6.45) is 2.37. The number of carbonyl (C=O) groups excluding carboxylic acids is 1. The molecule has 5 nitrogen and oxygen atoms in total. The van der Waals surface area contributed by atoms with Crippen LogP contribution in [0.4, 0.5) is 5.69 Å². The van der Waals surface area contributed by atoms with Gasteiger partial charge in [0.2, 0.25) is 0 Å². The van der Waals surface area contributed by atoms with Gasteiger partial charge >= 0.3 is 0 Å². The fourth-order valence-corrected chi connectivity index (χ4v) is 2.82. The van der Waals surface area contributed by atoms with Crippen LogP contribution in [0, 0.1) is 6.92 Å². The summed E-state index contributed by atoms with van der Waals surface area (Å²) in [5, 5.41) is 3.02. The van der Waals surface area contributed by atoms with Gasteiger partial charge in [0.15, 0.2) is 0 Å². The second-order valence-electron chi connectivity index (χ2n) is 5.33. The molecule has 0 aromatic heterocycles. The molecule has 1 heterocycles. The van der Waals surface area contributed by atoms with Crippen LogP contribution in [0.5, 0.6) is 0 Å². The number of nitrogen functional groups attached to an aromatic ring is 1. The summed E-state index contributed by atoms with van der Waals surface area (Å²) in [5.74, 6) is 5.41. The topological polar surface area (TPSA) is 70.4 Å². The predicted octanol–water partition coefficient (Wildman–Crippen LogP) is 1.49. The van der Waals surface area contributed by atoms with Crippen LogP contribution in [-0.4, -0.2) is 36.5 Å². The Hall–Kier alpha value is -1.59. The molecule has 110 valence electrons. The van der Waals surface area contributed by atoms with Crippen molar-refractivity contribution in [2.45, 2.75) is 32.7 Å². The van der Waals surface area contributed by atoms with Crippen molar-refractivity contribution in [2.24, 2.45) is 5.84 Å². The summed E-state index contributed by atoms with van der Waals surface area (Å²) in [6.45, 7) is 7.01. The molecule has 1 unspecified atom stereocenters. The Morgan fingerprint density at radius 2 is 2.30 bits per heavy atom. The Morgan fingerprint density at radius 1 is 1.50 bits per heavy atom. The summed E-state index contributed by atoms with van der Waals surface area (Å²) in [5.41, 5.74) is 4.93. The second-order valence-corrected chi connectivity index (χ2v) is 5.33. The average molecular weight is 276 g/mol. The van der Waals surface area contributed by atoms with Gasteiger partial charge in [-0.15, -0.1) is 0 Å². The Balaban J connectivity index is 1.98. The molecule has 20 heavy (non-hydrogen) atoms. The van der Waals surface area contributed by atoms with E-state index in [1.807, 2.05) is 25.1 Å². The molecular weight excluding hydrogens is 252 g/mol. The fourth-order valence-electron chi connectivity index (χ4n) is 2.82. The van der Waals surface area contributed by atoms with Gasteiger partial charge in [-0.25, -0.2) is 0 Å². The first-order valence-electron chi connectivity index (χ1n) is 7.25. The maximum Gasteiger partial charge on any atom is 0.253 e. The van der Waals surface area contributed by atoms with E-state index in [2.05, 4.69) is 22.6 Å². The Kier molecular flexibility index (Phi) is 4.98. The molecule has 1 saturated heterocycles. The van der Waals surface area contributed by atoms with Crippen LogP contribution in [0.25, 0.3) is 0 Å². The zero-order valence-electron chi connectivity index (χ0n) is 12.3. The first-order valence-corrected chi connectivity index (χ1v) is 7.25. The second kappa shape index (κ2) is 6.72. The largest absolute Gasteiger partial charge is 0.350 e. The highest BCUT2D eigenvalue weighted by molar-refractivity contribution is 5.99. The number of anilines is 1. The summed E-state index contributed by atoms with van der Waals surface area (Å²) in [4.78, 5) is 14.7. The van der Waals surface area contributed by atoms with E-state index >= 15 is 0 Å². The van der Waals surface area contributed by atoms with Gasteiger partial charge in [-0.1, -0.05) is 13.0 Å². The van der Waals surface area contributed by atoms with Gasteiger partial charge in [0.05, 0.1) is 11.3 Å². The third-order valence-corrected chi connectivity index (χ3v) is 3.98. The Labute approximate surface area is 120 Å². The molecule has 1 amide bonds. The van der Waals surface area contributed by atoms with Crippen LogP contribution >= 0.6 is 0 Å². The summed E-state index contributed by atoms with van der Waals surface area (Å²) < 4.78 is 0. The van der Waals surface area contributed by atoms with Gasteiger partial charge in [0.1, 0.15) is 0 Å². The zero-order valence-corrected chi connectivity index (χ0v) is 12.3. The van der Waals surface area contributed by atoms with E-state index in [1.165, 1.54) is 6.42 Å². The van der Waals surface area contributed by atoms with E-state index in [4.69, 9.17) is 5.84 Å². The number of nitrogens with zero attached hydrogens (tertiary/aromatic N) is 1. The van der Waals surface area contributed by atoms with E-state index in [0.29, 0.717) is 23.8 Å². The van der Waals surface area contributed by atoms with Crippen molar-refractivity contribution < 1.29 is 4.79 Å². The lowest BCUT2D eigenvalue weighted by molar-refractivity contribution is 0.0942. The van der Waals surface area contributed by atoms with Crippen molar-refractivity contribution >= 4 is 11.6 Å². The van der Waals surface area contributed by atoms with Gasteiger partial charge < -0.3 is 10.7 Å². The standard InChI is InChI=1S/C15H24N4O/c1-3-19-8-4-5-12(19)10-17-15(20)13-7-6-11(2)9-14(13)18-16/h6-7,9,12,18H,3-5,8,10,16H2,1-2H3,(H,17,20). The van der Waals surface area contributed by atoms with Crippen LogP contribution < -0.4 is 16.6 Å². The third-order valence-electron chi connectivity index (χ3n) is 3.98. The lowest BCUT2D eigenvalue weighted by atomic mass is 10.1. The molecule has 5 heteroatoms. The number of likely N-dealkylation sites (tertiary alicyclic amines) is 1. The SMILES string of the molecule is CCN1CCCC1CNC(=O)c1ccc(C)cc1NN. The maximum atomic E-state index is 12.3. The Bertz CT molecular complexity index is 475. The number of nitrogens with one attached hydrogen (secondary N) is 2. The fraction of sp³-hybridized carbons (Fsp3) is 0.533. The zero-order chi connectivity index (χ0) is 14.5. The number of hydrazine groups is 1. The minimum absolute atomic E-state index is 0.0686. The molecule has 0 saturated carbocycles. The van der Waals surface area contributed by atoms with E-state index in [9.17, 15) is 4.79 Å². The molecule has 1 aliphatic heterocycles. The number of likely N-dealkylation sites (N-methyl/N-ethyl adjacent to an activating group) is 1. The number of hydrogen-bond acceptors (Lipinski definition) is 4. The molecule has 1 aliphatic rings. The minimum atomic E-state index is -0.0686. The van der Waals surface area contributed by atoms with Crippen molar-refractivity contribution in [3.8, 4) is 0 Å². The lowest BCUT2D eigenvalue weighted by Crippen LogP contribution is -2.40. The monoisotopic (exact) mass is 276 g/mol. The molecule has 0 bridgehead atoms. The van der Waals surface area contributed by atoms with Crippen LogP contribution in [0.15, 0.2) is 18.2 Å². The van der Waals surface area contributed by atoms with E-state index < -0.39 is 0 Å². The van der Waals surface area contributed by atoms with Crippen LogP contribution in [0.2, 0.25) is 0 Å². The smallest absolute Gasteiger partial charge is 0.253 e. The maximum absolute atomic E-state index is 12.3. The van der Waals surface area contributed by atoms with Crippen molar-refractivity contribution in [3.05, 3.63) is 29.3 Å². The molecule has 1 aromatic carbocycles. The van der Waals surface area contributed by atoms with Crippen molar-refractivity contribution in [2.75, 3.05) is 25.1 Å². The highest BCUT2D eigenvalue weighted by Gasteiger charge is 2.23. The summed E-state index contributed by atoms with van der Waals surface area (Å²) in [6, 6.07) is 6.07. The van der Waals surface area contributed by atoms with Crippen molar-refractivity contribution in [1.82, 2.24) is 10.2 Å². The molecule has 1 aromatic rings. The van der Waals surface area contributed by atoms with Gasteiger partial charge in [-0.3, -0.25) is 15.5 Å². The molecule has 4 N–H and O–H groups in total. The summed E-state index contributed by atoms with van der Waals surface area (Å²) >= 11 is 0. The van der Waals surface area contributed by atoms with Gasteiger partial charge in [0.25, 0.3) is 5.91 Å². The van der Waals surface area contributed by atoms with Crippen molar-refractivity contribution in [1.29, 1.82) is 0 Å². The van der Waals surface area contributed by atoms with Crippen molar-refractivity contribution in [3.63, 3.8) is 0 Å². The number of carbonyl (C=O) groups is 1. The van der Waals surface area contributed by atoms with Crippen LogP contribution in [0.1, 0.15) is 35.7 Å². The molecule has 0 aliphatic carbocycles. The predicted molar refractivity (Wildman–Crippen MR) is 81.6 cm³/mol. The van der Waals surface area contributed by atoms with Crippen LogP contribution in [0.3, 0.4) is 0 Å². The summed E-state index contributed by atoms with van der Waals surface area (Å²) in [7, 11) is 0. The first-order chi connectivity index (χ1) is 9.65. The Morgan fingerprint density at radius 3 is 3.00 bits per heavy atom. The molecule has 0 spiro atoms.